The number of hydrogen-bond donors (Lipinski definition) is 0. The normalized spacial score (nSPS) is 43.1. The van der Waals surface area contributed by atoms with E-state index in [1.54, 1.807) is 20.0 Å². The van der Waals surface area contributed by atoms with Gasteiger partial charge in [0.2, 0.25) is 0 Å². The summed E-state index contributed by atoms with van der Waals surface area (Å²) in [6.45, 7) is 16.1. The molecule has 2 heterocycles. The van der Waals surface area contributed by atoms with Gasteiger partial charge in [0.15, 0.2) is 0 Å². The van der Waals surface area contributed by atoms with Gasteiger partial charge in [-0.2, -0.15) is 0 Å². The van der Waals surface area contributed by atoms with Gasteiger partial charge in [-0.15, -0.1) is 0 Å². The van der Waals surface area contributed by atoms with Crippen LogP contribution in [0.3, 0.4) is 0 Å². The summed E-state index contributed by atoms with van der Waals surface area (Å²) < 4.78 is 11.7. The highest BCUT2D eigenvalue weighted by molar-refractivity contribution is 5.87. The molecular formula is C32H52N2O5. The summed E-state index contributed by atoms with van der Waals surface area (Å²) in [5.74, 6) is 3.05. The summed E-state index contributed by atoms with van der Waals surface area (Å²) in [7, 11) is 3.95. The van der Waals surface area contributed by atoms with Crippen LogP contribution in [-0.2, 0) is 19.1 Å². The molecule has 4 fully saturated rings. The highest BCUT2D eigenvalue weighted by Crippen LogP contribution is 2.47. The van der Waals surface area contributed by atoms with E-state index in [-0.39, 0.29) is 34.7 Å². The average Bonchev–Trinajstić information content (AvgIpc) is 3.30. The highest BCUT2D eigenvalue weighted by Gasteiger charge is 2.50. The molecule has 0 radical (unpaired) electrons. The largest absolute Gasteiger partial charge is 0.633 e. The summed E-state index contributed by atoms with van der Waals surface area (Å²) in [5, 5.41) is 12.7. The van der Waals surface area contributed by atoms with Crippen LogP contribution in [0.1, 0.15) is 67.2 Å². The Morgan fingerprint density at radius 2 is 1.51 bits per heavy atom. The Labute approximate surface area is 236 Å². The zero-order valence-electron chi connectivity index (χ0n) is 25.5. The number of likely N-dealkylation sites (tertiary alicyclic amines) is 2. The number of esters is 2. The van der Waals surface area contributed by atoms with Crippen LogP contribution >= 0.6 is 0 Å². The number of quaternary nitrogens is 1. The first kappa shape index (κ1) is 30.3. The lowest BCUT2D eigenvalue weighted by atomic mass is 9.78. The lowest BCUT2D eigenvalue weighted by molar-refractivity contribution is -0.875. The maximum Gasteiger partial charge on any atom is 0.333 e. The van der Waals surface area contributed by atoms with Crippen molar-refractivity contribution < 1.29 is 23.7 Å². The summed E-state index contributed by atoms with van der Waals surface area (Å²) in [5.41, 5.74) is 1.56. The van der Waals surface area contributed by atoms with Gasteiger partial charge in [0.05, 0.1) is 20.1 Å². The van der Waals surface area contributed by atoms with Crippen molar-refractivity contribution in [2.24, 2.45) is 47.3 Å². The van der Waals surface area contributed by atoms with Crippen LogP contribution < -0.4 is 0 Å². The fourth-order valence-corrected chi connectivity index (χ4v) is 8.48. The number of hydroxylamine groups is 3. The van der Waals surface area contributed by atoms with E-state index in [9.17, 15) is 14.8 Å². The smallest absolute Gasteiger partial charge is 0.333 e. The molecule has 0 N–H and O–H groups in total. The second-order valence-electron chi connectivity index (χ2n) is 14.0. The Kier molecular flexibility index (Phi) is 9.34. The molecule has 220 valence electrons. The first-order valence-corrected chi connectivity index (χ1v) is 15.2. The molecule has 0 spiro atoms. The van der Waals surface area contributed by atoms with Gasteiger partial charge in [-0.1, -0.05) is 39.3 Å². The Morgan fingerprint density at radius 1 is 0.897 bits per heavy atom. The van der Waals surface area contributed by atoms with Crippen LogP contribution in [0.15, 0.2) is 23.3 Å². The van der Waals surface area contributed by atoms with Gasteiger partial charge < -0.3 is 24.2 Å². The number of nitrogens with zero attached hydrogens (tertiary/aromatic N) is 2. The Hall–Kier alpha value is -1.70. The topological polar surface area (TPSA) is 78.9 Å². The summed E-state index contributed by atoms with van der Waals surface area (Å²) in [4.78, 5) is 27.9. The van der Waals surface area contributed by atoms with Crippen LogP contribution in [0.2, 0.25) is 0 Å². The Morgan fingerprint density at radius 3 is 2.21 bits per heavy atom. The number of allylic oxidation sites excluding steroid dienone is 2. The van der Waals surface area contributed by atoms with Gasteiger partial charge >= 0.3 is 11.9 Å². The Bertz CT molecular complexity index is 974. The molecule has 39 heavy (non-hydrogen) atoms. The van der Waals surface area contributed by atoms with Crippen molar-refractivity contribution in [3.63, 3.8) is 0 Å². The number of carbonyl (C=O) groups excluding carboxylic acids is 2. The van der Waals surface area contributed by atoms with Crippen LogP contribution in [0, 0.1) is 52.6 Å². The molecular weight excluding hydrogens is 492 g/mol. The predicted octanol–water partition coefficient (Wildman–Crippen LogP) is 5.20. The second kappa shape index (κ2) is 12.0. The highest BCUT2D eigenvalue weighted by atomic mass is 16.6. The molecule has 4 aliphatic rings. The molecule has 11 atom stereocenters. The number of hydrogen-bond acceptors (Lipinski definition) is 6. The van der Waals surface area contributed by atoms with Gasteiger partial charge in [-0.05, 0) is 76.2 Å². The van der Waals surface area contributed by atoms with E-state index in [2.05, 4.69) is 39.6 Å². The third kappa shape index (κ3) is 6.97. The van der Waals surface area contributed by atoms with Crippen molar-refractivity contribution in [2.45, 2.75) is 79.4 Å². The van der Waals surface area contributed by atoms with Crippen LogP contribution in [-0.4, -0.2) is 74.0 Å². The number of rotatable bonds is 7. The second-order valence-corrected chi connectivity index (χ2v) is 14.0. The number of piperidine rings is 2. The van der Waals surface area contributed by atoms with E-state index >= 15 is 0 Å². The lowest BCUT2D eigenvalue weighted by Crippen LogP contribution is -2.52. The van der Waals surface area contributed by atoms with Crippen molar-refractivity contribution in [1.29, 1.82) is 0 Å². The minimum Gasteiger partial charge on any atom is -0.633 e. The quantitative estimate of drug-likeness (QED) is 0.190. The first-order chi connectivity index (χ1) is 18.3. The maximum absolute atomic E-state index is 12.8. The number of ether oxygens (including phenoxy) is 2. The molecule has 0 bridgehead atoms. The maximum atomic E-state index is 12.8. The van der Waals surface area contributed by atoms with Gasteiger partial charge in [-0.3, -0.25) is 0 Å². The van der Waals surface area contributed by atoms with E-state index in [0.717, 1.165) is 31.5 Å². The molecule has 7 nitrogen and oxygen atoms in total. The standard InChI is InChI=1S/C32H52N2O5/c1-19(12-31(35)38-29-13-25-21(3)15-33(7)16-27(25)23(29)5)10-9-11-20(2)32(36)39-30-14-26-22(4)17-34(8,37)18-28(26)24(30)6/h11-12,21-30H,9-10,13-18H2,1-8H3/b19-12+,20-11+/t21-,22-,23-,24-,25-,26-,27-,28-,29+,30+,34?/m0/s1. The predicted molar refractivity (Wildman–Crippen MR) is 153 cm³/mol. The molecule has 4 rings (SSSR count). The van der Waals surface area contributed by atoms with Crippen molar-refractivity contribution in [3.05, 3.63) is 28.5 Å². The minimum atomic E-state index is -0.268. The summed E-state index contributed by atoms with van der Waals surface area (Å²) in [6, 6.07) is 0. The average molecular weight is 545 g/mol. The lowest BCUT2D eigenvalue weighted by Gasteiger charge is -2.49. The van der Waals surface area contributed by atoms with E-state index in [0.29, 0.717) is 72.9 Å². The fourth-order valence-electron chi connectivity index (χ4n) is 8.48. The van der Waals surface area contributed by atoms with Crippen molar-refractivity contribution in [2.75, 3.05) is 40.3 Å². The molecule has 2 saturated heterocycles. The van der Waals surface area contributed by atoms with Crippen molar-refractivity contribution >= 4 is 11.9 Å². The third-order valence-corrected chi connectivity index (χ3v) is 10.7. The van der Waals surface area contributed by atoms with E-state index < -0.39 is 0 Å². The third-order valence-electron chi connectivity index (χ3n) is 10.7. The first-order valence-electron chi connectivity index (χ1n) is 15.2. The zero-order valence-corrected chi connectivity index (χ0v) is 25.5. The van der Waals surface area contributed by atoms with Gasteiger partial charge in [0.25, 0.3) is 0 Å². The van der Waals surface area contributed by atoms with Crippen molar-refractivity contribution in [3.8, 4) is 0 Å². The molecule has 2 saturated carbocycles. The van der Waals surface area contributed by atoms with Gasteiger partial charge in [0, 0.05) is 42.5 Å². The van der Waals surface area contributed by atoms with Crippen LogP contribution in [0.4, 0.5) is 0 Å². The van der Waals surface area contributed by atoms with Gasteiger partial charge in [0.1, 0.15) is 12.2 Å². The fraction of sp³-hybridized carbons (Fsp3) is 0.812. The molecule has 2 aliphatic heterocycles. The summed E-state index contributed by atoms with van der Waals surface area (Å²) >= 11 is 0. The van der Waals surface area contributed by atoms with Crippen molar-refractivity contribution in [1.82, 2.24) is 4.90 Å². The Balaban J connectivity index is 1.23. The monoisotopic (exact) mass is 544 g/mol. The molecule has 0 aromatic heterocycles. The number of carbonyl (C=O) groups is 2. The van der Waals surface area contributed by atoms with Crippen LogP contribution in [0.5, 0.6) is 0 Å². The van der Waals surface area contributed by atoms with E-state index in [4.69, 9.17) is 9.47 Å². The van der Waals surface area contributed by atoms with E-state index in [1.807, 2.05) is 13.0 Å². The molecule has 7 heteroatoms. The molecule has 0 amide bonds. The van der Waals surface area contributed by atoms with Gasteiger partial charge in [-0.25, -0.2) is 9.59 Å². The number of fused-ring (bicyclic) bond motifs is 2. The van der Waals surface area contributed by atoms with Crippen LogP contribution in [0.25, 0.3) is 0 Å². The molecule has 2 aliphatic carbocycles. The molecule has 1 unspecified atom stereocenters. The molecule has 0 aromatic rings. The summed E-state index contributed by atoms with van der Waals surface area (Å²) in [6.07, 6.45) is 6.58. The SMILES string of the molecule is C/C(=C\C(=O)O[C@@H]1C[C@@H]2[C@@H](CN(C)C[C@@H]2C)[C@@H]1C)CC/C=C(\C)C(=O)O[C@@H]1C[C@@H]2[C@@H](C[N+](C)([O-])C[C@@H]2C)[C@@H]1C. The molecule has 0 aromatic carbocycles. The van der Waals surface area contributed by atoms with E-state index in [1.165, 1.54) is 0 Å². The minimum absolute atomic E-state index is 0.00598. The zero-order chi connectivity index (χ0) is 28.6.